The second kappa shape index (κ2) is 11.3. The predicted molar refractivity (Wildman–Crippen MR) is 146 cm³/mol. The lowest BCUT2D eigenvalue weighted by atomic mass is 9.72. The van der Waals surface area contributed by atoms with Crippen molar-refractivity contribution in [2.45, 2.75) is 18.8 Å². The molecule has 0 radical (unpaired) electrons. The van der Waals surface area contributed by atoms with Gasteiger partial charge in [-0.2, -0.15) is 0 Å². The highest BCUT2D eigenvalue weighted by Crippen LogP contribution is 2.48. The number of amides is 1. The molecule has 0 aromatic heterocycles. The van der Waals surface area contributed by atoms with E-state index in [1.165, 1.54) is 5.69 Å². The van der Waals surface area contributed by atoms with Crippen LogP contribution in [0.1, 0.15) is 24.5 Å². The molecule has 1 saturated heterocycles. The number of carbonyl (C=O) groups is 1. The first-order valence-electron chi connectivity index (χ1n) is 11.7. The van der Waals surface area contributed by atoms with Crippen molar-refractivity contribution in [3.63, 3.8) is 0 Å². The number of fused-ring (bicyclic) bond motifs is 1. The zero-order valence-corrected chi connectivity index (χ0v) is 21.2. The molecule has 3 aromatic rings. The van der Waals surface area contributed by atoms with Gasteiger partial charge in [0.2, 0.25) is 5.91 Å². The van der Waals surface area contributed by atoms with Gasteiger partial charge in [-0.05, 0) is 49.2 Å². The fourth-order valence-corrected chi connectivity index (χ4v) is 5.42. The van der Waals surface area contributed by atoms with E-state index >= 15 is 0 Å². The van der Waals surface area contributed by atoms with Gasteiger partial charge in [0, 0.05) is 44.1 Å². The Morgan fingerprint density at radius 1 is 0.765 bits per heavy atom. The number of hydrogen-bond donors (Lipinski definition) is 0. The van der Waals surface area contributed by atoms with Crippen LogP contribution in [0, 0.1) is 0 Å². The third-order valence-corrected chi connectivity index (χ3v) is 7.14. The first kappa shape index (κ1) is 26.1. The molecule has 5 rings (SSSR count). The monoisotopic (exact) mass is 497 g/mol. The largest absolute Gasteiger partial charge is 0.369 e. The fourth-order valence-electron chi connectivity index (χ4n) is 5.42. The van der Waals surface area contributed by atoms with Gasteiger partial charge in [0.1, 0.15) is 5.41 Å². The molecule has 2 aliphatic heterocycles. The average Bonchev–Trinajstić information content (AvgIpc) is 3.12. The Labute approximate surface area is 215 Å². The van der Waals surface area contributed by atoms with Crippen LogP contribution in [0.2, 0.25) is 0 Å². The number of rotatable bonds is 6. The highest BCUT2D eigenvalue weighted by molar-refractivity contribution is 6.10. The molecule has 0 spiro atoms. The summed E-state index contributed by atoms with van der Waals surface area (Å²) < 4.78 is 0. The SMILES string of the molecule is CCN1C(=O)C(CCN2CCN(c3ccccc3)CC2)(c2ccccc2)c2ccccc21.Cl.Cl. The Hall–Kier alpha value is -2.53. The summed E-state index contributed by atoms with van der Waals surface area (Å²) in [4.78, 5) is 20.9. The van der Waals surface area contributed by atoms with E-state index in [1.807, 2.05) is 17.0 Å². The Bertz CT molecular complexity index is 1070. The first-order valence-corrected chi connectivity index (χ1v) is 11.7. The third-order valence-electron chi connectivity index (χ3n) is 7.14. The molecule has 0 aliphatic carbocycles. The van der Waals surface area contributed by atoms with E-state index in [9.17, 15) is 4.79 Å². The van der Waals surface area contributed by atoms with Crippen LogP contribution < -0.4 is 9.80 Å². The van der Waals surface area contributed by atoms with Crippen LogP contribution in [0.15, 0.2) is 84.9 Å². The number of carbonyl (C=O) groups excluding carboxylic acids is 1. The molecule has 2 heterocycles. The number of benzene rings is 3. The van der Waals surface area contributed by atoms with E-state index in [0.717, 1.165) is 56.0 Å². The van der Waals surface area contributed by atoms with Gasteiger partial charge in [-0.25, -0.2) is 0 Å². The summed E-state index contributed by atoms with van der Waals surface area (Å²) in [6, 6.07) is 29.4. The summed E-state index contributed by atoms with van der Waals surface area (Å²) in [5, 5.41) is 0. The highest BCUT2D eigenvalue weighted by atomic mass is 35.5. The number of para-hydroxylation sites is 2. The summed E-state index contributed by atoms with van der Waals surface area (Å²) in [6.45, 7) is 7.76. The number of likely N-dealkylation sites (N-methyl/N-ethyl adjacent to an activating group) is 1. The molecule has 1 amide bonds. The maximum absolute atomic E-state index is 13.9. The normalized spacial score (nSPS) is 19.9. The maximum Gasteiger partial charge on any atom is 0.242 e. The summed E-state index contributed by atoms with van der Waals surface area (Å²) in [5.41, 5.74) is 4.02. The lowest BCUT2D eigenvalue weighted by molar-refractivity contribution is -0.122. The van der Waals surface area contributed by atoms with Crippen molar-refractivity contribution in [1.82, 2.24) is 4.90 Å². The zero-order chi connectivity index (χ0) is 22.0. The van der Waals surface area contributed by atoms with Gasteiger partial charge < -0.3 is 9.80 Å². The molecule has 3 aromatic carbocycles. The van der Waals surface area contributed by atoms with Gasteiger partial charge in [-0.1, -0.05) is 66.7 Å². The zero-order valence-electron chi connectivity index (χ0n) is 19.6. The molecule has 4 nitrogen and oxygen atoms in total. The molecule has 2 aliphatic rings. The van der Waals surface area contributed by atoms with Crippen LogP contribution >= 0.6 is 24.8 Å². The van der Waals surface area contributed by atoms with Gasteiger partial charge in [-0.15, -0.1) is 24.8 Å². The van der Waals surface area contributed by atoms with Crippen LogP contribution in [-0.2, 0) is 10.2 Å². The Balaban J connectivity index is 0.00000162. The minimum atomic E-state index is -0.607. The first-order chi connectivity index (χ1) is 15.7. The second-order valence-electron chi connectivity index (χ2n) is 8.75. The second-order valence-corrected chi connectivity index (χ2v) is 8.75. The maximum atomic E-state index is 13.9. The molecule has 0 saturated carbocycles. The summed E-state index contributed by atoms with van der Waals surface area (Å²) in [6.07, 6.45) is 0.800. The van der Waals surface area contributed by atoms with Crippen LogP contribution in [0.25, 0.3) is 0 Å². The fraction of sp³-hybridized carbons (Fsp3) is 0.321. The van der Waals surface area contributed by atoms with Crippen LogP contribution in [0.5, 0.6) is 0 Å². The predicted octanol–water partition coefficient (Wildman–Crippen LogP) is 5.40. The van der Waals surface area contributed by atoms with Gasteiger partial charge in [0.25, 0.3) is 0 Å². The minimum Gasteiger partial charge on any atom is -0.369 e. The molecule has 1 unspecified atom stereocenters. The summed E-state index contributed by atoms with van der Waals surface area (Å²) >= 11 is 0. The van der Waals surface area contributed by atoms with Crippen molar-refractivity contribution in [2.75, 3.05) is 49.1 Å². The Kier molecular flexibility index (Phi) is 8.64. The van der Waals surface area contributed by atoms with Crippen LogP contribution in [0.3, 0.4) is 0 Å². The number of hydrogen-bond acceptors (Lipinski definition) is 3. The van der Waals surface area contributed by atoms with Crippen LogP contribution in [0.4, 0.5) is 11.4 Å². The topological polar surface area (TPSA) is 26.8 Å². The molecule has 0 N–H and O–H groups in total. The van der Waals surface area contributed by atoms with Crippen molar-refractivity contribution in [3.8, 4) is 0 Å². The van der Waals surface area contributed by atoms with Crippen molar-refractivity contribution in [2.24, 2.45) is 0 Å². The number of halogens is 2. The average molecular weight is 498 g/mol. The molecule has 180 valence electrons. The molecular formula is C28H33Cl2N3O. The van der Waals surface area contributed by atoms with Gasteiger partial charge in [0.05, 0.1) is 0 Å². The lowest BCUT2D eigenvalue weighted by Gasteiger charge is -2.38. The minimum absolute atomic E-state index is 0. The number of piperazine rings is 1. The van der Waals surface area contributed by atoms with E-state index in [-0.39, 0.29) is 30.7 Å². The standard InChI is InChI=1S/C28H31N3O.2ClH/c1-2-31-26-16-10-9-15-25(26)28(27(31)32,23-11-5-3-6-12-23)17-18-29-19-21-30(22-20-29)24-13-7-4-8-14-24;;/h3-16H,2,17-22H2,1H3;2*1H. The van der Waals surface area contributed by atoms with Crippen molar-refractivity contribution >= 4 is 42.1 Å². The number of anilines is 2. The third kappa shape index (κ3) is 4.55. The van der Waals surface area contributed by atoms with Crippen molar-refractivity contribution in [1.29, 1.82) is 0 Å². The molecule has 6 heteroatoms. The van der Waals surface area contributed by atoms with Gasteiger partial charge >= 0.3 is 0 Å². The molecular weight excluding hydrogens is 465 g/mol. The van der Waals surface area contributed by atoms with Crippen molar-refractivity contribution < 1.29 is 4.79 Å². The highest BCUT2D eigenvalue weighted by Gasteiger charge is 2.51. The van der Waals surface area contributed by atoms with E-state index in [1.54, 1.807) is 0 Å². The smallest absolute Gasteiger partial charge is 0.242 e. The van der Waals surface area contributed by atoms with Crippen molar-refractivity contribution in [3.05, 3.63) is 96.1 Å². The molecule has 1 atom stereocenters. The van der Waals surface area contributed by atoms with E-state index in [0.29, 0.717) is 6.54 Å². The quantitative estimate of drug-likeness (QED) is 0.456. The molecule has 0 bridgehead atoms. The molecule has 1 fully saturated rings. The summed E-state index contributed by atoms with van der Waals surface area (Å²) in [5.74, 6) is 0.218. The Morgan fingerprint density at radius 3 is 2.00 bits per heavy atom. The van der Waals surface area contributed by atoms with E-state index in [4.69, 9.17) is 0 Å². The lowest BCUT2D eigenvalue weighted by Crippen LogP contribution is -2.49. The van der Waals surface area contributed by atoms with Gasteiger partial charge in [-0.3, -0.25) is 9.69 Å². The van der Waals surface area contributed by atoms with Gasteiger partial charge in [0.15, 0.2) is 0 Å². The Morgan fingerprint density at radius 2 is 1.35 bits per heavy atom. The summed E-state index contributed by atoms with van der Waals surface area (Å²) in [7, 11) is 0. The van der Waals surface area contributed by atoms with E-state index in [2.05, 4.69) is 89.5 Å². The number of nitrogens with zero attached hydrogens (tertiary/aromatic N) is 3. The van der Waals surface area contributed by atoms with E-state index < -0.39 is 5.41 Å². The molecule has 34 heavy (non-hydrogen) atoms. The van der Waals surface area contributed by atoms with Crippen LogP contribution in [-0.4, -0.2) is 50.1 Å².